The van der Waals surface area contributed by atoms with Gasteiger partial charge in [0.1, 0.15) is 17.4 Å². The van der Waals surface area contributed by atoms with E-state index in [2.05, 4.69) is 22.3 Å². The second-order valence-corrected chi connectivity index (χ2v) is 10.5. The highest BCUT2D eigenvalue weighted by Gasteiger charge is 2.61. The summed E-state index contributed by atoms with van der Waals surface area (Å²) in [7, 11) is 0. The number of ether oxygens (including phenoxy) is 2. The number of nitrogens with zero attached hydrogens (tertiary/aromatic N) is 5. The summed E-state index contributed by atoms with van der Waals surface area (Å²) in [5, 5.41) is 6.91. The van der Waals surface area contributed by atoms with Gasteiger partial charge in [-0.3, -0.25) is 14.0 Å². The molecule has 1 N–H and O–H groups in total. The molecule has 2 aliphatic heterocycles. The SMILES string of the molecule is CC12CC(c3cn4cc(C(=O)Nc5ccnn(C6CC6)c5=O)c(OC5CCC5)nc4n3)(CO1)C2. The second-order valence-electron chi connectivity index (χ2n) is 10.5. The molecule has 5 aliphatic rings. The Morgan fingerprint density at radius 2 is 2.03 bits per heavy atom. The van der Waals surface area contributed by atoms with Crippen LogP contribution in [-0.4, -0.2) is 48.4 Å². The average molecular weight is 463 g/mol. The van der Waals surface area contributed by atoms with Crippen LogP contribution in [0.2, 0.25) is 0 Å². The molecular formula is C24H26N6O4. The van der Waals surface area contributed by atoms with Crippen LogP contribution in [0.5, 0.6) is 5.88 Å². The van der Waals surface area contributed by atoms with E-state index in [0.29, 0.717) is 12.4 Å². The van der Waals surface area contributed by atoms with E-state index in [0.717, 1.165) is 50.6 Å². The number of aromatic nitrogens is 5. The lowest BCUT2D eigenvalue weighted by atomic mass is 9.62. The quantitative estimate of drug-likeness (QED) is 0.599. The Morgan fingerprint density at radius 1 is 1.21 bits per heavy atom. The van der Waals surface area contributed by atoms with Gasteiger partial charge in [-0.2, -0.15) is 10.1 Å². The Balaban J connectivity index is 1.24. The first kappa shape index (κ1) is 20.1. The lowest BCUT2D eigenvalue weighted by Gasteiger charge is -2.41. The summed E-state index contributed by atoms with van der Waals surface area (Å²) in [6.07, 6.45) is 11.9. The van der Waals surface area contributed by atoms with E-state index >= 15 is 0 Å². The molecular weight excluding hydrogens is 436 g/mol. The highest BCUT2D eigenvalue weighted by molar-refractivity contribution is 6.05. The molecule has 3 aromatic heterocycles. The van der Waals surface area contributed by atoms with Crippen LogP contribution in [0, 0.1) is 0 Å². The van der Waals surface area contributed by atoms with Crippen molar-refractivity contribution in [2.24, 2.45) is 0 Å². The molecule has 0 unspecified atom stereocenters. The Labute approximate surface area is 195 Å². The molecule has 2 saturated heterocycles. The minimum atomic E-state index is -0.441. The van der Waals surface area contributed by atoms with E-state index in [1.165, 1.54) is 10.7 Å². The van der Waals surface area contributed by atoms with Crippen LogP contribution in [0.25, 0.3) is 5.78 Å². The fourth-order valence-corrected chi connectivity index (χ4v) is 5.50. The topological polar surface area (TPSA) is 113 Å². The Morgan fingerprint density at radius 3 is 2.71 bits per heavy atom. The molecule has 3 aliphatic carbocycles. The summed E-state index contributed by atoms with van der Waals surface area (Å²) < 4.78 is 15.3. The normalized spacial score (nSPS) is 27.9. The minimum Gasteiger partial charge on any atom is -0.474 e. The zero-order valence-electron chi connectivity index (χ0n) is 19.0. The van der Waals surface area contributed by atoms with Gasteiger partial charge in [0, 0.05) is 24.0 Å². The molecule has 8 rings (SSSR count). The summed E-state index contributed by atoms with van der Waals surface area (Å²) in [4.78, 5) is 35.5. The van der Waals surface area contributed by atoms with E-state index in [1.54, 1.807) is 16.8 Å². The van der Waals surface area contributed by atoms with E-state index < -0.39 is 5.91 Å². The first-order valence-corrected chi connectivity index (χ1v) is 12.0. The van der Waals surface area contributed by atoms with Crippen molar-refractivity contribution in [2.75, 3.05) is 11.9 Å². The van der Waals surface area contributed by atoms with E-state index in [-0.39, 0.29) is 45.9 Å². The fraction of sp³-hybridized carbons (Fsp3) is 0.542. The maximum Gasteiger partial charge on any atom is 0.290 e. The molecule has 3 saturated carbocycles. The third kappa shape index (κ3) is 3.08. The zero-order chi connectivity index (χ0) is 23.1. The monoisotopic (exact) mass is 462 g/mol. The predicted molar refractivity (Wildman–Crippen MR) is 121 cm³/mol. The molecule has 0 aromatic carbocycles. The van der Waals surface area contributed by atoms with Gasteiger partial charge in [0.05, 0.1) is 23.9 Å². The molecule has 34 heavy (non-hydrogen) atoms. The highest BCUT2D eigenvalue weighted by atomic mass is 16.5. The van der Waals surface area contributed by atoms with Crippen LogP contribution in [-0.2, 0) is 10.2 Å². The van der Waals surface area contributed by atoms with Crippen molar-refractivity contribution in [1.29, 1.82) is 0 Å². The zero-order valence-corrected chi connectivity index (χ0v) is 19.0. The Kier molecular flexibility index (Phi) is 4.07. The molecule has 0 radical (unpaired) electrons. The molecule has 1 amide bonds. The predicted octanol–water partition coefficient (Wildman–Crippen LogP) is 2.63. The third-order valence-corrected chi connectivity index (χ3v) is 7.66. The van der Waals surface area contributed by atoms with Crippen LogP contribution >= 0.6 is 0 Å². The van der Waals surface area contributed by atoms with Gasteiger partial charge >= 0.3 is 0 Å². The van der Waals surface area contributed by atoms with Crippen LogP contribution in [0.15, 0.2) is 29.5 Å². The van der Waals surface area contributed by atoms with Crippen molar-refractivity contribution in [1.82, 2.24) is 24.1 Å². The van der Waals surface area contributed by atoms with Gasteiger partial charge < -0.3 is 14.8 Å². The number of imidazole rings is 1. The van der Waals surface area contributed by atoms with Crippen LogP contribution in [0.1, 0.15) is 74.0 Å². The lowest BCUT2D eigenvalue weighted by molar-refractivity contribution is 0.0154. The van der Waals surface area contributed by atoms with Crippen molar-refractivity contribution in [2.45, 2.75) is 75.0 Å². The summed E-state index contributed by atoms with van der Waals surface area (Å²) in [5.41, 5.74) is 0.977. The van der Waals surface area contributed by atoms with Gasteiger partial charge in [0.15, 0.2) is 0 Å². The van der Waals surface area contributed by atoms with E-state index in [1.807, 2.05) is 6.20 Å². The van der Waals surface area contributed by atoms with Gasteiger partial charge in [0.2, 0.25) is 11.7 Å². The number of nitrogens with one attached hydrogen (secondary N) is 1. The third-order valence-electron chi connectivity index (χ3n) is 7.66. The van der Waals surface area contributed by atoms with Gasteiger partial charge in [0.25, 0.3) is 11.5 Å². The van der Waals surface area contributed by atoms with Crippen molar-refractivity contribution < 1.29 is 14.3 Å². The smallest absolute Gasteiger partial charge is 0.290 e. The number of carbonyl (C=O) groups is 1. The number of carbonyl (C=O) groups excluding carboxylic acids is 1. The molecule has 176 valence electrons. The first-order chi connectivity index (χ1) is 16.4. The molecule has 3 aromatic rings. The first-order valence-electron chi connectivity index (χ1n) is 12.0. The molecule has 10 heteroatoms. The number of rotatable bonds is 6. The van der Waals surface area contributed by atoms with Crippen molar-refractivity contribution in [3.05, 3.63) is 46.3 Å². The van der Waals surface area contributed by atoms with Gasteiger partial charge in [-0.05, 0) is 57.9 Å². The van der Waals surface area contributed by atoms with Crippen LogP contribution < -0.4 is 15.6 Å². The van der Waals surface area contributed by atoms with Crippen LogP contribution in [0.4, 0.5) is 5.69 Å². The summed E-state index contributed by atoms with van der Waals surface area (Å²) in [6.45, 7) is 2.79. The minimum absolute atomic E-state index is 0.0399. The summed E-state index contributed by atoms with van der Waals surface area (Å²) in [5.74, 6) is 0.306. The van der Waals surface area contributed by atoms with Crippen molar-refractivity contribution in [3.63, 3.8) is 0 Å². The fourth-order valence-electron chi connectivity index (χ4n) is 5.50. The van der Waals surface area contributed by atoms with Crippen molar-refractivity contribution >= 4 is 17.4 Å². The number of hydrogen-bond donors (Lipinski definition) is 1. The van der Waals surface area contributed by atoms with Crippen LogP contribution in [0.3, 0.4) is 0 Å². The maximum atomic E-state index is 13.3. The molecule has 0 spiro atoms. The Bertz CT molecular complexity index is 1380. The van der Waals surface area contributed by atoms with Gasteiger partial charge in [-0.25, -0.2) is 9.67 Å². The lowest BCUT2D eigenvalue weighted by Crippen LogP contribution is -2.45. The average Bonchev–Trinajstić information content (AvgIpc) is 3.30. The number of amides is 1. The highest BCUT2D eigenvalue weighted by Crippen LogP contribution is 2.58. The number of hydrogen-bond acceptors (Lipinski definition) is 7. The van der Waals surface area contributed by atoms with Crippen molar-refractivity contribution in [3.8, 4) is 5.88 Å². The van der Waals surface area contributed by atoms with E-state index in [9.17, 15) is 9.59 Å². The Hall–Kier alpha value is -3.27. The standard InChI is InChI=1S/C24H26N6O4/c1-23-11-24(12-23,13-33-23)18-10-29-9-16(20(28-22(29)27-18)34-15-3-2-4-15)19(31)26-17-7-8-25-30(21(17)32)14-5-6-14/h7-10,14-15H,2-6,11-13H2,1H3,(H,26,31). The molecule has 0 atom stereocenters. The number of fused-ring (bicyclic) bond motifs is 2. The van der Waals surface area contributed by atoms with Gasteiger partial charge in [-0.1, -0.05) is 0 Å². The van der Waals surface area contributed by atoms with Gasteiger partial charge in [-0.15, -0.1) is 0 Å². The summed E-state index contributed by atoms with van der Waals surface area (Å²) in [6, 6.07) is 1.65. The molecule has 2 bridgehead atoms. The van der Waals surface area contributed by atoms with E-state index in [4.69, 9.17) is 14.5 Å². The molecule has 5 heterocycles. The molecule has 5 fully saturated rings. The summed E-state index contributed by atoms with van der Waals surface area (Å²) >= 11 is 0. The second kappa shape index (κ2) is 6.88. The maximum absolute atomic E-state index is 13.3. The number of anilines is 1. The molecule has 10 nitrogen and oxygen atoms in total. The largest absolute Gasteiger partial charge is 0.474 e.